The van der Waals surface area contributed by atoms with Crippen molar-refractivity contribution in [2.24, 2.45) is 11.8 Å². The van der Waals surface area contributed by atoms with Crippen LogP contribution in [-0.4, -0.2) is 12.1 Å². The van der Waals surface area contributed by atoms with Crippen LogP contribution in [0.15, 0.2) is 0 Å². The van der Waals surface area contributed by atoms with Crippen LogP contribution in [0, 0.1) is 11.8 Å². The molecular weight excluding hydrogens is 170 g/mol. The third-order valence-electron chi connectivity index (χ3n) is 4.19. The predicted molar refractivity (Wildman–Crippen MR) is 61.4 cm³/mol. The fourth-order valence-corrected chi connectivity index (χ4v) is 3.16. The first-order valence-electron chi connectivity index (χ1n) is 6.61. The maximum absolute atomic E-state index is 3.89. The van der Waals surface area contributed by atoms with E-state index in [1.807, 2.05) is 0 Å². The van der Waals surface area contributed by atoms with E-state index in [1.54, 1.807) is 0 Å². The highest BCUT2D eigenvalue weighted by Gasteiger charge is 2.39. The van der Waals surface area contributed by atoms with Crippen molar-refractivity contribution in [2.45, 2.75) is 70.9 Å². The number of nitrogens with one attached hydrogen (secondary N) is 1. The number of hydrogen-bond acceptors (Lipinski definition) is 1. The molecule has 0 aromatic rings. The molecule has 1 heteroatoms. The standard InChI is InChI=1S/C13H25N/c1-3-6-11-9-13(11)14-12-8-5-7-10(12)4-2/h10-14H,3-9H2,1-2H3. The first-order chi connectivity index (χ1) is 6.85. The zero-order valence-corrected chi connectivity index (χ0v) is 9.76. The van der Waals surface area contributed by atoms with Crippen molar-refractivity contribution >= 4 is 0 Å². The molecule has 0 heterocycles. The van der Waals surface area contributed by atoms with Crippen molar-refractivity contribution < 1.29 is 0 Å². The monoisotopic (exact) mass is 195 g/mol. The highest BCUT2D eigenvalue weighted by atomic mass is 15.0. The smallest absolute Gasteiger partial charge is 0.0102 e. The second-order valence-corrected chi connectivity index (χ2v) is 5.26. The molecule has 0 bridgehead atoms. The van der Waals surface area contributed by atoms with Crippen molar-refractivity contribution in [1.82, 2.24) is 5.32 Å². The van der Waals surface area contributed by atoms with Crippen LogP contribution >= 0.6 is 0 Å². The van der Waals surface area contributed by atoms with Crippen LogP contribution in [0.25, 0.3) is 0 Å². The van der Waals surface area contributed by atoms with Gasteiger partial charge >= 0.3 is 0 Å². The maximum atomic E-state index is 3.89. The Hall–Kier alpha value is -0.0400. The molecule has 2 fully saturated rings. The average molecular weight is 195 g/mol. The van der Waals surface area contributed by atoms with Gasteiger partial charge in [-0.15, -0.1) is 0 Å². The number of rotatable bonds is 5. The summed E-state index contributed by atoms with van der Waals surface area (Å²) in [5, 5.41) is 3.89. The van der Waals surface area contributed by atoms with Gasteiger partial charge < -0.3 is 5.32 Å². The van der Waals surface area contributed by atoms with E-state index < -0.39 is 0 Å². The van der Waals surface area contributed by atoms with E-state index in [1.165, 1.54) is 44.9 Å². The summed E-state index contributed by atoms with van der Waals surface area (Å²) >= 11 is 0. The van der Waals surface area contributed by atoms with Crippen molar-refractivity contribution in [3.05, 3.63) is 0 Å². The van der Waals surface area contributed by atoms with Gasteiger partial charge in [-0.2, -0.15) is 0 Å². The largest absolute Gasteiger partial charge is 0.311 e. The minimum absolute atomic E-state index is 0.867. The maximum Gasteiger partial charge on any atom is 0.0102 e. The molecule has 0 aromatic heterocycles. The van der Waals surface area contributed by atoms with Crippen molar-refractivity contribution in [2.75, 3.05) is 0 Å². The predicted octanol–water partition coefficient (Wildman–Crippen LogP) is 3.34. The van der Waals surface area contributed by atoms with Gasteiger partial charge in [-0.1, -0.05) is 33.1 Å². The normalized spacial score (nSPS) is 41.6. The van der Waals surface area contributed by atoms with Gasteiger partial charge in [0.2, 0.25) is 0 Å². The van der Waals surface area contributed by atoms with E-state index in [0.717, 1.165) is 23.9 Å². The van der Waals surface area contributed by atoms with Gasteiger partial charge in [0.25, 0.3) is 0 Å². The zero-order chi connectivity index (χ0) is 9.97. The fraction of sp³-hybridized carbons (Fsp3) is 1.00. The van der Waals surface area contributed by atoms with Gasteiger partial charge in [0.15, 0.2) is 0 Å². The summed E-state index contributed by atoms with van der Waals surface area (Å²) in [7, 11) is 0. The highest BCUT2D eigenvalue weighted by molar-refractivity contribution is 4.96. The first-order valence-corrected chi connectivity index (χ1v) is 6.61. The summed E-state index contributed by atoms with van der Waals surface area (Å²) in [4.78, 5) is 0. The molecule has 1 nitrogen and oxygen atoms in total. The average Bonchev–Trinajstić information content (AvgIpc) is 2.76. The molecule has 4 atom stereocenters. The minimum Gasteiger partial charge on any atom is -0.311 e. The van der Waals surface area contributed by atoms with E-state index in [9.17, 15) is 0 Å². The molecule has 0 aliphatic heterocycles. The quantitative estimate of drug-likeness (QED) is 0.709. The Morgan fingerprint density at radius 2 is 1.93 bits per heavy atom. The Morgan fingerprint density at radius 1 is 1.07 bits per heavy atom. The van der Waals surface area contributed by atoms with Crippen LogP contribution in [0.2, 0.25) is 0 Å². The minimum atomic E-state index is 0.867. The summed E-state index contributed by atoms with van der Waals surface area (Å²) in [6, 6.07) is 1.76. The van der Waals surface area contributed by atoms with Gasteiger partial charge in [0.1, 0.15) is 0 Å². The van der Waals surface area contributed by atoms with Crippen LogP contribution < -0.4 is 5.32 Å². The molecular formula is C13H25N. The molecule has 2 rings (SSSR count). The second kappa shape index (κ2) is 4.65. The summed E-state index contributed by atoms with van der Waals surface area (Å²) in [6.07, 6.45) is 10.0. The van der Waals surface area contributed by atoms with E-state index >= 15 is 0 Å². The molecule has 1 N–H and O–H groups in total. The van der Waals surface area contributed by atoms with Gasteiger partial charge in [-0.3, -0.25) is 0 Å². The lowest BCUT2D eigenvalue weighted by Crippen LogP contribution is -2.34. The lowest BCUT2D eigenvalue weighted by Gasteiger charge is -2.19. The Kier molecular flexibility index (Phi) is 3.48. The van der Waals surface area contributed by atoms with Gasteiger partial charge in [0, 0.05) is 12.1 Å². The molecule has 0 radical (unpaired) electrons. The third-order valence-corrected chi connectivity index (χ3v) is 4.19. The van der Waals surface area contributed by atoms with Crippen LogP contribution in [0.3, 0.4) is 0 Å². The molecule has 0 spiro atoms. The van der Waals surface area contributed by atoms with E-state index in [0.29, 0.717) is 0 Å². The van der Waals surface area contributed by atoms with Crippen molar-refractivity contribution in [1.29, 1.82) is 0 Å². The molecule has 2 saturated carbocycles. The molecule has 0 aromatic carbocycles. The third kappa shape index (κ3) is 2.31. The van der Waals surface area contributed by atoms with Gasteiger partial charge in [-0.25, -0.2) is 0 Å². The van der Waals surface area contributed by atoms with Crippen LogP contribution in [0.4, 0.5) is 0 Å². The van der Waals surface area contributed by atoms with E-state index in [4.69, 9.17) is 0 Å². The van der Waals surface area contributed by atoms with E-state index in [2.05, 4.69) is 19.2 Å². The molecule has 0 saturated heterocycles. The summed E-state index contributed by atoms with van der Waals surface area (Å²) in [5.41, 5.74) is 0. The zero-order valence-electron chi connectivity index (χ0n) is 9.76. The highest BCUT2D eigenvalue weighted by Crippen LogP contribution is 2.37. The Morgan fingerprint density at radius 3 is 2.64 bits per heavy atom. The lowest BCUT2D eigenvalue weighted by molar-refractivity contribution is 0.379. The van der Waals surface area contributed by atoms with Gasteiger partial charge in [-0.05, 0) is 37.5 Å². The molecule has 2 aliphatic rings. The Bertz CT molecular complexity index is 178. The lowest BCUT2D eigenvalue weighted by atomic mass is 10.0. The summed E-state index contributed by atoms with van der Waals surface area (Å²) < 4.78 is 0. The number of hydrogen-bond donors (Lipinski definition) is 1. The Labute approximate surface area is 88.7 Å². The molecule has 4 unspecified atom stereocenters. The Balaban J connectivity index is 1.70. The summed E-state index contributed by atoms with van der Waals surface area (Å²) in [6.45, 7) is 4.65. The van der Waals surface area contributed by atoms with Crippen LogP contribution in [0.1, 0.15) is 58.8 Å². The van der Waals surface area contributed by atoms with E-state index in [-0.39, 0.29) is 0 Å². The van der Waals surface area contributed by atoms with Crippen molar-refractivity contribution in [3.63, 3.8) is 0 Å². The first kappa shape index (κ1) is 10.5. The van der Waals surface area contributed by atoms with Gasteiger partial charge in [0.05, 0.1) is 0 Å². The van der Waals surface area contributed by atoms with Crippen LogP contribution in [0.5, 0.6) is 0 Å². The molecule has 0 amide bonds. The topological polar surface area (TPSA) is 12.0 Å². The van der Waals surface area contributed by atoms with Crippen molar-refractivity contribution in [3.8, 4) is 0 Å². The molecule has 14 heavy (non-hydrogen) atoms. The molecule has 2 aliphatic carbocycles. The summed E-state index contributed by atoms with van der Waals surface area (Å²) in [5.74, 6) is 2.01. The van der Waals surface area contributed by atoms with Crippen LogP contribution in [-0.2, 0) is 0 Å². The second-order valence-electron chi connectivity index (χ2n) is 5.26. The fourth-order valence-electron chi connectivity index (χ4n) is 3.16. The SMILES string of the molecule is CCCC1CC1NC1CCCC1CC. The molecule has 82 valence electrons.